The van der Waals surface area contributed by atoms with Crippen molar-refractivity contribution in [2.24, 2.45) is 0 Å². The summed E-state index contributed by atoms with van der Waals surface area (Å²) < 4.78 is 1.03. The molecule has 0 saturated carbocycles. The van der Waals surface area contributed by atoms with E-state index in [4.69, 9.17) is 0 Å². The summed E-state index contributed by atoms with van der Waals surface area (Å²) >= 11 is 2.94. The molecule has 0 aliphatic heterocycles. The largest absolute Gasteiger partial charge is 0.325 e. The first-order chi connectivity index (χ1) is 15.0. The standard InChI is InChI=1S/C24H21N3O2S2/c1-15-7-9-17(10-8-15)26-23(28)14-30-21-6-4-3-5-19(21)24(29)27-18-11-12-20-22(13-18)31-16(2)25-20/h3-13H,14H2,1-2H3,(H,26,28)(H,27,29). The number of fused-ring (bicyclic) bond motifs is 1. The van der Waals surface area contributed by atoms with Crippen LogP contribution in [0.4, 0.5) is 11.4 Å². The number of aryl methyl sites for hydroxylation is 2. The minimum atomic E-state index is -0.206. The van der Waals surface area contributed by atoms with E-state index in [9.17, 15) is 9.59 Å². The number of hydrogen-bond donors (Lipinski definition) is 2. The summed E-state index contributed by atoms with van der Waals surface area (Å²) in [5, 5.41) is 6.83. The van der Waals surface area contributed by atoms with Crippen molar-refractivity contribution in [1.29, 1.82) is 0 Å². The van der Waals surface area contributed by atoms with Crippen LogP contribution in [-0.2, 0) is 4.79 Å². The first kappa shape index (κ1) is 21.1. The van der Waals surface area contributed by atoms with E-state index in [1.54, 1.807) is 17.4 Å². The van der Waals surface area contributed by atoms with E-state index >= 15 is 0 Å². The highest BCUT2D eigenvalue weighted by Gasteiger charge is 2.14. The zero-order valence-corrected chi connectivity index (χ0v) is 18.8. The number of rotatable bonds is 6. The summed E-state index contributed by atoms with van der Waals surface area (Å²) in [7, 11) is 0. The Balaban J connectivity index is 1.42. The molecule has 0 aliphatic rings. The van der Waals surface area contributed by atoms with Crippen molar-refractivity contribution in [3.05, 3.63) is 82.9 Å². The van der Waals surface area contributed by atoms with E-state index < -0.39 is 0 Å². The topological polar surface area (TPSA) is 71.1 Å². The van der Waals surface area contributed by atoms with Crippen LogP contribution in [0.3, 0.4) is 0 Å². The van der Waals surface area contributed by atoms with Gasteiger partial charge in [0.25, 0.3) is 5.91 Å². The van der Waals surface area contributed by atoms with Gasteiger partial charge in [0.05, 0.1) is 26.5 Å². The summed E-state index contributed by atoms with van der Waals surface area (Å²) in [4.78, 5) is 30.4. The lowest BCUT2D eigenvalue weighted by molar-refractivity contribution is -0.113. The lowest BCUT2D eigenvalue weighted by Gasteiger charge is -2.10. The van der Waals surface area contributed by atoms with Crippen molar-refractivity contribution < 1.29 is 9.59 Å². The molecule has 156 valence electrons. The van der Waals surface area contributed by atoms with Gasteiger partial charge in [-0.3, -0.25) is 9.59 Å². The maximum atomic E-state index is 12.9. The Hall–Kier alpha value is -3.16. The molecule has 0 fully saturated rings. The van der Waals surface area contributed by atoms with Crippen molar-refractivity contribution in [1.82, 2.24) is 4.98 Å². The molecule has 1 heterocycles. The molecule has 5 nitrogen and oxygen atoms in total. The Bertz CT molecular complexity index is 1250. The number of amides is 2. The van der Waals surface area contributed by atoms with Crippen LogP contribution in [-0.4, -0.2) is 22.6 Å². The van der Waals surface area contributed by atoms with Crippen molar-refractivity contribution in [3.8, 4) is 0 Å². The normalized spacial score (nSPS) is 10.8. The number of thiazole rings is 1. The second kappa shape index (κ2) is 9.32. The van der Waals surface area contributed by atoms with Gasteiger partial charge in [0, 0.05) is 16.3 Å². The van der Waals surface area contributed by atoms with Gasteiger partial charge in [-0.15, -0.1) is 23.1 Å². The van der Waals surface area contributed by atoms with Gasteiger partial charge in [-0.2, -0.15) is 0 Å². The Morgan fingerprint density at radius 2 is 1.68 bits per heavy atom. The third-order valence-electron chi connectivity index (χ3n) is 4.58. The molecule has 0 unspecified atom stereocenters. The maximum Gasteiger partial charge on any atom is 0.256 e. The zero-order chi connectivity index (χ0) is 21.8. The smallest absolute Gasteiger partial charge is 0.256 e. The number of carbonyl (C=O) groups excluding carboxylic acids is 2. The number of carbonyl (C=O) groups is 2. The Morgan fingerprint density at radius 3 is 2.48 bits per heavy atom. The number of anilines is 2. The molecule has 0 radical (unpaired) electrons. The van der Waals surface area contributed by atoms with Crippen LogP contribution in [0, 0.1) is 13.8 Å². The molecule has 0 spiro atoms. The Labute approximate surface area is 188 Å². The van der Waals surface area contributed by atoms with E-state index in [1.807, 2.05) is 74.5 Å². The van der Waals surface area contributed by atoms with Crippen LogP contribution in [0.5, 0.6) is 0 Å². The van der Waals surface area contributed by atoms with E-state index in [1.165, 1.54) is 11.8 Å². The molecule has 2 amide bonds. The first-order valence-corrected chi connectivity index (χ1v) is 11.5. The summed E-state index contributed by atoms with van der Waals surface area (Å²) in [6.45, 7) is 3.96. The maximum absolute atomic E-state index is 12.9. The molecule has 7 heteroatoms. The van der Waals surface area contributed by atoms with Gasteiger partial charge in [0.2, 0.25) is 5.91 Å². The summed E-state index contributed by atoms with van der Waals surface area (Å²) in [5.41, 5.74) is 4.08. The predicted octanol–water partition coefficient (Wildman–Crippen LogP) is 5.90. The fraction of sp³-hybridized carbons (Fsp3) is 0.125. The van der Waals surface area contributed by atoms with Gasteiger partial charge in [-0.1, -0.05) is 29.8 Å². The van der Waals surface area contributed by atoms with Crippen LogP contribution >= 0.6 is 23.1 Å². The lowest BCUT2D eigenvalue weighted by atomic mass is 10.2. The van der Waals surface area contributed by atoms with E-state index in [0.717, 1.165) is 37.1 Å². The third kappa shape index (κ3) is 5.31. The van der Waals surface area contributed by atoms with Crippen LogP contribution in [0.25, 0.3) is 10.2 Å². The molecule has 0 atom stereocenters. The molecule has 4 aromatic rings. The Morgan fingerprint density at radius 1 is 0.935 bits per heavy atom. The minimum Gasteiger partial charge on any atom is -0.325 e. The molecule has 31 heavy (non-hydrogen) atoms. The molecule has 0 aliphatic carbocycles. The monoisotopic (exact) mass is 447 g/mol. The van der Waals surface area contributed by atoms with Crippen molar-refractivity contribution in [3.63, 3.8) is 0 Å². The highest BCUT2D eigenvalue weighted by Crippen LogP contribution is 2.27. The second-order valence-electron chi connectivity index (χ2n) is 7.07. The van der Waals surface area contributed by atoms with E-state index in [0.29, 0.717) is 5.56 Å². The SMILES string of the molecule is Cc1ccc(NC(=O)CSc2ccccc2C(=O)Nc2ccc3nc(C)sc3c2)cc1. The van der Waals surface area contributed by atoms with Crippen LogP contribution in [0.2, 0.25) is 0 Å². The number of nitrogens with one attached hydrogen (secondary N) is 2. The zero-order valence-electron chi connectivity index (χ0n) is 17.1. The highest BCUT2D eigenvalue weighted by molar-refractivity contribution is 8.00. The van der Waals surface area contributed by atoms with Crippen LogP contribution in [0.15, 0.2) is 71.6 Å². The summed E-state index contributed by atoms with van der Waals surface area (Å²) in [6, 6.07) is 20.7. The first-order valence-electron chi connectivity index (χ1n) is 9.75. The van der Waals surface area contributed by atoms with Gasteiger partial charge < -0.3 is 10.6 Å². The fourth-order valence-corrected chi connectivity index (χ4v) is 4.79. The summed E-state index contributed by atoms with van der Waals surface area (Å²) in [5.74, 6) is -0.109. The quantitative estimate of drug-likeness (QED) is 0.361. The average molecular weight is 448 g/mol. The third-order valence-corrected chi connectivity index (χ3v) is 6.59. The average Bonchev–Trinajstić information content (AvgIpc) is 3.13. The van der Waals surface area contributed by atoms with Crippen molar-refractivity contribution in [2.75, 3.05) is 16.4 Å². The molecular weight excluding hydrogens is 426 g/mol. The van der Waals surface area contributed by atoms with Gasteiger partial charge in [-0.05, 0) is 56.3 Å². The molecule has 2 N–H and O–H groups in total. The Kier molecular flexibility index (Phi) is 6.34. The van der Waals surface area contributed by atoms with Gasteiger partial charge >= 0.3 is 0 Å². The number of hydrogen-bond acceptors (Lipinski definition) is 5. The van der Waals surface area contributed by atoms with Crippen LogP contribution in [0.1, 0.15) is 20.9 Å². The van der Waals surface area contributed by atoms with Gasteiger partial charge in [0.1, 0.15) is 0 Å². The molecule has 1 aromatic heterocycles. The summed E-state index contributed by atoms with van der Waals surface area (Å²) in [6.07, 6.45) is 0. The highest BCUT2D eigenvalue weighted by atomic mass is 32.2. The molecule has 4 rings (SSSR count). The van der Waals surface area contributed by atoms with Crippen LogP contribution < -0.4 is 10.6 Å². The molecule has 3 aromatic carbocycles. The number of aromatic nitrogens is 1. The second-order valence-corrected chi connectivity index (χ2v) is 9.32. The number of nitrogens with zero attached hydrogens (tertiary/aromatic N) is 1. The lowest BCUT2D eigenvalue weighted by Crippen LogP contribution is -2.15. The van der Waals surface area contributed by atoms with Gasteiger partial charge in [-0.25, -0.2) is 4.98 Å². The van der Waals surface area contributed by atoms with Crippen molar-refractivity contribution >= 4 is 56.5 Å². The number of thioether (sulfide) groups is 1. The molecule has 0 bridgehead atoms. The predicted molar refractivity (Wildman–Crippen MR) is 129 cm³/mol. The van der Waals surface area contributed by atoms with E-state index in [2.05, 4.69) is 15.6 Å². The van der Waals surface area contributed by atoms with E-state index in [-0.39, 0.29) is 17.6 Å². The molecular formula is C24H21N3O2S2. The van der Waals surface area contributed by atoms with Gasteiger partial charge in [0.15, 0.2) is 0 Å². The fourth-order valence-electron chi connectivity index (χ4n) is 3.07. The molecule has 0 saturated heterocycles. The number of benzene rings is 3. The van der Waals surface area contributed by atoms with Crippen molar-refractivity contribution in [2.45, 2.75) is 18.7 Å². The minimum absolute atomic E-state index is 0.116.